The molecule has 0 spiro atoms. The predicted molar refractivity (Wildman–Crippen MR) is 126 cm³/mol. The van der Waals surface area contributed by atoms with Crippen LogP contribution in [0.15, 0.2) is 71.6 Å². The molecule has 0 saturated heterocycles. The average Bonchev–Trinajstić information content (AvgIpc) is 2.82. The molecule has 0 unspecified atom stereocenters. The highest BCUT2D eigenvalue weighted by atomic mass is 35.5. The van der Waals surface area contributed by atoms with Crippen molar-refractivity contribution >= 4 is 35.2 Å². The van der Waals surface area contributed by atoms with Crippen molar-refractivity contribution in [2.45, 2.75) is 17.1 Å². The molecule has 8 heteroatoms. The number of amides is 2. The van der Waals surface area contributed by atoms with Gasteiger partial charge in [0.2, 0.25) is 5.91 Å². The smallest absolute Gasteiger partial charge is 0.269 e. The quantitative estimate of drug-likeness (QED) is 0.370. The van der Waals surface area contributed by atoms with E-state index >= 15 is 0 Å². The number of ether oxygens (including phenoxy) is 2. The molecule has 2 amide bonds. The summed E-state index contributed by atoms with van der Waals surface area (Å²) in [5, 5.41) is 0.708. The Balaban J connectivity index is 1.49. The van der Waals surface area contributed by atoms with E-state index in [1.54, 1.807) is 49.2 Å². The first-order valence-corrected chi connectivity index (χ1v) is 11.1. The van der Waals surface area contributed by atoms with Crippen LogP contribution in [0.2, 0.25) is 5.02 Å². The van der Waals surface area contributed by atoms with Gasteiger partial charge < -0.3 is 9.47 Å². The van der Waals surface area contributed by atoms with Crippen LogP contribution < -0.4 is 20.3 Å². The second-order valence-corrected chi connectivity index (χ2v) is 8.28. The molecule has 3 rings (SSSR count). The minimum atomic E-state index is -0.392. The first-order chi connectivity index (χ1) is 15.5. The molecule has 0 aliphatic rings. The van der Waals surface area contributed by atoms with Gasteiger partial charge in [-0.25, -0.2) is 0 Å². The molecule has 166 valence electrons. The van der Waals surface area contributed by atoms with Gasteiger partial charge in [0.05, 0.1) is 20.6 Å². The zero-order chi connectivity index (χ0) is 22.9. The Hall–Kier alpha value is -3.16. The molecule has 3 aromatic rings. The summed E-state index contributed by atoms with van der Waals surface area (Å²) >= 11 is 7.59. The fourth-order valence-corrected chi connectivity index (χ4v) is 3.84. The molecule has 0 fully saturated rings. The molecule has 0 atom stereocenters. The summed E-state index contributed by atoms with van der Waals surface area (Å²) in [7, 11) is 3.08. The third kappa shape index (κ3) is 6.67. The van der Waals surface area contributed by atoms with E-state index in [1.165, 1.54) is 7.11 Å². The highest BCUT2D eigenvalue weighted by Gasteiger charge is 2.12. The molecule has 32 heavy (non-hydrogen) atoms. The molecule has 0 aliphatic heterocycles. The normalized spacial score (nSPS) is 10.3. The van der Waals surface area contributed by atoms with E-state index in [9.17, 15) is 9.59 Å². The maximum atomic E-state index is 12.3. The Morgan fingerprint density at radius 1 is 0.906 bits per heavy atom. The number of hydrogen-bond acceptors (Lipinski definition) is 5. The Morgan fingerprint density at radius 2 is 1.62 bits per heavy atom. The summed E-state index contributed by atoms with van der Waals surface area (Å²) in [5.41, 5.74) is 7.09. The second-order valence-electron chi connectivity index (χ2n) is 6.80. The lowest BCUT2D eigenvalue weighted by Crippen LogP contribution is -2.42. The third-order valence-electron chi connectivity index (χ3n) is 4.60. The van der Waals surface area contributed by atoms with Crippen molar-refractivity contribution < 1.29 is 19.1 Å². The van der Waals surface area contributed by atoms with Crippen molar-refractivity contribution in [3.8, 4) is 11.5 Å². The van der Waals surface area contributed by atoms with Crippen LogP contribution in [0.5, 0.6) is 11.5 Å². The van der Waals surface area contributed by atoms with Gasteiger partial charge in [-0.3, -0.25) is 20.4 Å². The van der Waals surface area contributed by atoms with Gasteiger partial charge >= 0.3 is 0 Å². The summed E-state index contributed by atoms with van der Waals surface area (Å²) < 4.78 is 10.4. The van der Waals surface area contributed by atoms with Crippen LogP contribution in [0.25, 0.3) is 0 Å². The Morgan fingerprint density at radius 3 is 2.28 bits per heavy atom. The van der Waals surface area contributed by atoms with Gasteiger partial charge in [0.15, 0.2) is 0 Å². The standard InChI is InChI=1S/C24H23ClN2O4S/c1-30-20-10-7-18(22(14-20)31-2)13-23(28)26-27-24(29)17-5-3-16(4-6-17)15-32-21-11-8-19(25)9-12-21/h3-12,14H,13,15H2,1-2H3,(H,26,28)(H,27,29). The summed E-state index contributed by atoms with van der Waals surface area (Å²) in [6.45, 7) is 0. The zero-order valence-electron chi connectivity index (χ0n) is 17.7. The number of carbonyl (C=O) groups is 2. The monoisotopic (exact) mass is 470 g/mol. The van der Waals surface area contributed by atoms with Crippen molar-refractivity contribution in [1.29, 1.82) is 0 Å². The summed E-state index contributed by atoms with van der Waals surface area (Å²) in [6, 6.07) is 20.1. The molecule has 6 nitrogen and oxygen atoms in total. The van der Waals surface area contributed by atoms with Crippen LogP contribution in [-0.4, -0.2) is 26.0 Å². The summed E-state index contributed by atoms with van der Waals surface area (Å²) in [6.07, 6.45) is 0.0499. The Bertz CT molecular complexity index is 1070. The number of carbonyl (C=O) groups excluding carboxylic acids is 2. The van der Waals surface area contributed by atoms with Gasteiger partial charge in [-0.05, 0) is 48.0 Å². The lowest BCUT2D eigenvalue weighted by molar-refractivity contribution is -0.121. The van der Waals surface area contributed by atoms with E-state index in [0.717, 1.165) is 16.2 Å². The van der Waals surface area contributed by atoms with E-state index in [0.29, 0.717) is 27.6 Å². The third-order valence-corrected chi connectivity index (χ3v) is 5.93. The van der Waals surface area contributed by atoms with E-state index in [2.05, 4.69) is 10.9 Å². The number of benzene rings is 3. The van der Waals surface area contributed by atoms with E-state index in [-0.39, 0.29) is 12.3 Å². The van der Waals surface area contributed by atoms with Gasteiger partial charge in [-0.1, -0.05) is 29.8 Å². The molecule has 0 aliphatic carbocycles. The highest BCUT2D eigenvalue weighted by molar-refractivity contribution is 7.98. The van der Waals surface area contributed by atoms with Crippen LogP contribution >= 0.6 is 23.4 Å². The highest BCUT2D eigenvalue weighted by Crippen LogP contribution is 2.25. The maximum Gasteiger partial charge on any atom is 0.269 e. The Labute approximate surface area is 196 Å². The molecule has 0 bridgehead atoms. The predicted octanol–water partition coefficient (Wildman–Crippen LogP) is 4.65. The number of nitrogens with one attached hydrogen (secondary N) is 2. The fourth-order valence-electron chi connectivity index (χ4n) is 2.86. The SMILES string of the molecule is COc1ccc(CC(=O)NNC(=O)c2ccc(CSc3ccc(Cl)cc3)cc2)c(OC)c1. The largest absolute Gasteiger partial charge is 0.497 e. The summed E-state index contributed by atoms with van der Waals surface area (Å²) in [4.78, 5) is 25.7. The zero-order valence-corrected chi connectivity index (χ0v) is 19.3. The van der Waals surface area contributed by atoms with Gasteiger partial charge in [0.1, 0.15) is 11.5 Å². The number of hydrogen-bond donors (Lipinski definition) is 2. The van der Waals surface area contributed by atoms with Crippen LogP contribution in [0.3, 0.4) is 0 Å². The van der Waals surface area contributed by atoms with Crippen LogP contribution in [-0.2, 0) is 17.0 Å². The number of hydrazine groups is 1. The van der Waals surface area contributed by atoms with Crippen molar-refractivity contribution in [3.63, 3.8) is 0 Å². The number of methoxy groups -OCH3 is 2. The maximum absolute atomic E-state index is 12.3. The van der Waals surface area contributed by atoms with Crippen LogP contribution in [0, 0.1) is 0 Å². The van der Waals surface area contributed by atoms with Crippen LogP contribution in [0.1, 0.15) is 21.5 Å². The first kappa shape index (κ1) is 23.5. The van der Waals surface area contributed by atoms with Gasteiger partial charge in [0, 0.05) is 32.9 Å². The molecule has 0 aromatic heterocycles. The molecular weight excluding hydrogens is 448 g/mol. The minimum Gasteiger partial charge on any atom is -0.497 e. The minimum absolute atomic E-state index is 0.0499. The Kier molecular flexibility index (Phi) is 8.41. The molecule has 0 radical (unpaired) electrons. The average molecular weight is 471 g/mol. The lowest BCUT2D eigenvalue weighted by atomic mass is 10.1. The van der Waals surface area contributed by atoms with Crippen molar-refractivity contribution in [2.75, 3.05) is 14.2 Å². The fraction of sp³-hybridized carbons (Fsp3) is 0.167. The molecule has 3 aromatic carbocycles. The molecular formula is C24H23ClN2O4S. The van der Waals surface area contributed by atoms with Crippen molar-refractivity contribution in [2.24, 2.45) is 0 Å². The number of rotatable bonds is 8. The lowest BCUT2D eigenvalue weighted by Gasteiger charge is -2.11. The first-order valence-electron chi connectivity index (χ1n) is 9.76. The summed E-state index contributed by atoms with van der Waals surface area (Å²) in [5.74, 6) is 1.19. The van der Waals surface area contributed by atoms with Gasteiger partial charge in [-0.15, -0.1) is 11.8 Å². The van der Waals surface area contributed by atoms with Gasteiger partial charge in [0.25, 0.3) is 5.91 Å². The van der Waals surface area contributed by atoms with Crippen molar-refractivity contribution in [1.82, 2.24) is 10.9 Å². The van der Waals surface area contributed by atoms with Crippen LogP contribution in [0.4, 0.5) is 0 Å². The molecule has 2 N–H and O–H groups in total. The van der Waals surface area contributed by atoms with E-state index < -0.39 is 5.91 Å². The van der Waals surface area contributed by atoms with Crippen molar-refractivity contribution in [3.05, 3.63) is 88.4 Å². The van der Waals surface area contributed by atoms with E-state index in [4.69, 9.17) is 21.1 Å². The molecule has 0 saturated carbocycles. The molecule has 0 heterocycles. The number of thioether (sulfide) groups is 1. The number of halogens is 1. The topological polar surface area (TPSA) is 76.7 Å². The van der Waals surface area contributed by atoms with E-state index in [1.807, 2.05) is 36.4 Å². The second kappa shape index (κ2) is 11.5. The van der Waals surface area contributed by atoms with Gasteiger partial charge in [-0.2, -0.15) is 0 Å².